The van der Waals surface area contributed by atoms with Gasteiger partial charge in [-0.3, -0.25) is 5.84 Å². The first-order chi connectivity index (χ1) is 3.66. The lowest BCUT2D eigenvalue weighted by Crippen LogP contribution is -2.29. The smallest absolute Gasteiger partial charge is 0.0688 e. The van der Waals surface area contributed by atoms with E-state index >= 15 is 0 Å². The van der Waals surface area contributed by atoms with E-state index in [9.17, 15) is 0 Å². The van der Waals surface area contributed by atoms with Crippen LogP contribution in [0.2, 0.25) is 0 Å². The van der Waals surface area contributed by atoms with Crippen LogP contribution in [0, 0.1) is 0 Å². The molecule has 0 rings (SSSR count). The molecule has 50 valence electrons. The molecule has 0 fully saturated rings. The van der Waals surface area contributed by atoms with Gasteiger partial charge in [0.1, 0.15) is 0 Å². The standard InChI is InChI=1S/C4H12N2OS/c1-2-4(7)3-6(5)8/h4,7-8H,2-3,5H2,1H3. The van der Waals surface area contributed by atoms with Crippen molar-refractivity contribution >= 4 is 12.8 Å². The second-order valence-electron chi connectivity index (χ2n) is 1.68. The summed E-state index contributed by atoms with van der Waals surface area (Å²) in [6, 6.07) is 0. The van der Waals surface area contributed by atoms with Crippen molar-refractivity contribution in [2.75, 3.05) is 6.54 Å². The quantitative estimate of drug-likeness (QED) is 0.285. The fraction of sp³-hybridized carbons (Fsp3) is 1.00. The first-order valence-electron chi connectivity index (χ1n) is 2.56. The summed E-state index contributed by atoms with van der Waals surface area (Å²) in [6.07, 6.45) is 0.367. The number of hydrazine groups is 1. The third-order valence-corrected chi connectivity index (χ3v) is 1.03. The van der Waals surface area contributed by atoms with Crippen LogP contribution in [-0.4, -0.2) is 22.2 Å². The maximum atomic E-state index is 8.86. The average Bonchev–Trinajstić information content (AvgIpc) is 1.65. The Morgan fingerprint density at radius 1 is 1.88 bits per heavy atom. The molecule has 0 aromatic heterocycles. The van der Waals surface area contributed by atoms with Crippen molar-refractivity contribution in [1.82, 2.24) is 4.41 Å². The van der Waals surface area contributed by atoms with Gasteiger partial charge in [0.15, 0.2) is 0 Å². The SMILES string of the molecule is CCC(O)CN(N)S. The van der Waals surface area contributed by atoms with Crippen LogP contribution >= 0.6 is 12.8 Å². The second-order valence-corrected chi connectivity index (χ2v) is 2.20. The van der Waals surface area contributed by atoms with Gasteiger partial charge in [0.2, 0.25) is 0 Å². The normalized spacial score (nSPS) is 14.6. The lowest BCUT2D eigenvalue weighted by molar-refractivity contribution is 0.147. The van der Waals surface area contributed by atoms with Crippen LogP contribution in [0.3, 0.4) is 0 Å². The van der Waals surface area contributed by atoms with Crippen LogP contribution in [0.5, 0.6) is 0 Å². The molecule has 0 saturated heterocycles. The Balaban J connectivity index is 3.10. The maximum Gasteiger partial charge on any atom is 0.0688 e. The summed E-state index contributed by atoms with van der Waals surface area (Å²) in [6.45, 7) is 2.31. The summed E-state index contributed by atoms with van der Waals surface area (Å²) in [4.78, 5) is 0. The monoisotopic (exact) mass is 136 g/mol. The Morgan fingerprint density at radius 2 is 2.38 bits per heavy atom. The summed E-state index contributed by atoms with van der Waals surface area (Å²) in [5, 5.41) is 8.86. The highest BCUT2D eigenvalue weighted by Gasteiger charge is 2.00. The topological polar surface area (TPSA) is 49.5 Å². The van der Waals surface area contributed by atoms with Gasteiger partial charge >= 0.3 is 0 Å². The van der Waals surface area contributed by atoms with E-state index in [0.29, 0.717) is 13.0 Å². The van der Waals surface area contributed by atoms with E-state index in [-0.39, 0.29) is 6.10 Å². The molecule has 3 nitrogen and oxygen atoms in total. The Bertz CT molecular complexity index is 60.0. The highest BCUT2D eigenvalue weighted by Crippen LogP contribution is 1.92. The molecule has 0 amide bonds. The number of nitrogens with zero attached hydrogens (tertiary/aromatic N) is 1. The van der Waals surface area contributed by atoms with Crippen molar-refractivity contribution in [2.24, 2.45) is 5.84 Å². The van der Waals surface area contributed by atoms with Gasteiger partial charge in [-0.2, -0.15) is 4.41 Å². The Morgan fingerprint density at radius 3 is 2.50 bits per heavy atom. The molecule has 0 aliphatic heterocycles. The predicted molar refractivity (Wildman–Crippen MR) is 36.2 cm³/mol. The fourth-order valence-electron chi connectivity index (χ4n) is 0.345. The van der Waals surface area contributed by atoms with Gasteiger partial charge in [-0.25, -0.2) is 0 Å². The maximum absolute atomic E-state index is 8.86. The van der Waals surface area contributed by atoms with Gasteiger partial charge in [0.05, 0.1) is 6.10 Å². The highest BCUT2D eigenvalue weighted by atomic mass is 32.1. The summed E-state index contributed by atoms with van der Waals surface area (Å²) < 4.78 is 1.17. The summed E-state index contributed by atoms with van der Waals surface area (Å²) in [7, 11) is 0. The number of hydrogen-bond acceptors (Lipinski definition) is 4. The number of rotatable bonds is 3. The molecule has 0 bridgehead atoms. The highest BCUT2D eigenvalue weighted by molar-refractivity contribution is 7.77. The van der Waals surface area contributed by atoms with E-state index in [4.69, 9.17) is 10.9 Å². The molecule has 0 aromatic carbocycles. The van der Waals surface area contributed by atoms with Gasteiger partial charge in [-0.15, -0.1) is 0 Å². The minimum Gasteiger partial charge on any atom is -0.392 e. The van der Waals surface area contributed by atoms with Crippen LogP contribution < -0.4 is 5.84 Å². The lowest BCUT2D eigenvalue weighted by Gasteiger charge is -2.11. The van der Waals surface area contributed by atoms with Gasteiger partial charge in [-0.05, 0) is 6.42 Å². The number of hydrogen-bond donors (Lipinski definition) is 3. The molecular weight excluding hydrogens is 124 g/mol. The average molecular weight is 136 g/mol. The van der Waals surface area contributed by atoms with Crippen LogP contribution in [0.25, 0.3) is 0 Å². The third kappa shape index (κ3) is 4.39. The zero-order chi connectivity index (χ0) is 6.57. The van der Waals surface area contributed by atoms with Crippen LogP contribution in [0.4, 0.5) is 0 Å². The largest absolute Gasteiger partial charge is 0.392 e. The minimum absolute atomic E-state index is 0.350. The molecule has 0 aliphatic carbocycles. The number of thiol groups is 1. The molecule has 0 saturated carbocycles. The van der Waals surface area contributed by atoms with Crippen LogP contribution in [0.15, 0.2) is 0 Å². The van der Waals surface area contributed by atoms with Gasteiger partial charge in [0.25, 0.3) is 0 Å². The van der Waals surface area contributed by atoms with Gasteiger partial charge < -0.3 is 5.11 Å². The molecule has 4 heteroatoms. The first-order valence-corrected chi connectivity index (χ1v) is 2.96. The molecular formula is C4H12N2OS. The summed E-state index contributed by atoms with van der Waals surface area (Å²) >= 11 is 3.74. The predicted octanol–water partition coefficient (Wildman–Crippen LogP) is -0.222. The van der Waals surface area contributed by atoms with Crippen molar-refractivity contribution in [3.8, 4) is 0 Å². The van der Waals surface area contributed by atoms with Crippen LogP contribution in [0.1, 0.15) is 13.3 Å². The number of nitrogens with two attached hydrogens (primary N) is 1. The Labute approximate surface area is 55.0 Å². The van der Waals surface area contributed by atoms with Crippen molar-refractivity contribution in [3.05, 3.63) is 0 Å². The molecule has 3 N–H and O–H groups in total. The molecule has 0 heterocycles. The zero-order valence-corrected chi connectivity index (χ0v) is 5.80. The molecule has 8 heavy (non-hydrogen) atoms. The lowest BCUT2D eigenvalue weighted by atomic mass is 10.3. The van der Waals surface area contributed by atoms with Crippen molar-refractivity contribution in [1.29, 1.82) is 0 Å². The molecule has 0 aromatic rings. The number of aliphatic hydroxyl groups is 1. The van der Waals surface area contributed by atoms with E-state index in [1.54, 1.807) is 0 Å². The van der Waals surface area contributed by atoms with Crippen molar-refractivity contribution in [3.63, 3.8) is 0 Å². The Kier molecular flexibility index (Phi) is 4.26. The third-order valence-electron chi connectivity index (χ3n) is 0.869. The summed E-state index contributed by atoms with van der Waals surface area (Å²) in [5.74, 6) is 5.11. The Hall–Kier alpha value is 0.230. The van der Waals surface area contributed by atoms with E-state index < -0.39 is 0 Å². The van der Waals surface area contributed by atoms with Crippen LogP contribution in [-0.2, 0) is 0 Å². The number of aliphatic hydroxyl groups excluding tert-OH is 1. The van der Waals surface area contributed by atoms with E-state index in [1.165, 1.54) is 4.41 Å². The molecule has 0 spiro atoms. The minimum atomic E-state index is -0.350. The van der Waals surface area contributed by atoms with E-state index in [0.717, 1.165) is 0 Å². The zero-order valence-electron chi connectivity index (χ0n) is 4.91. The summed E-state index contributed by atoms with van der Waals surface area (Å²) in [5.41, 5.74) is 0. The van der Waals surface area contributed by atoms with Crippen molar-refractivity contribution < 1.29 is 5.11 Å². The van der Waals surface area contributed by atoms with Gasteiger partial charge in [0, 0.05) is 6.54 Å². The molecule has 1 atom stereocenters. The molecule has 1 unspecified atom stereocenters. The van der Waals surface area contributed by atoms with E-state index in [1.807, 2.05) is 6.92 Å². The van der Waals surface area contributed by atoms with Crippen molar-refractivity contribution in [2.45, 2.75) is 19.4 Å². The molecule has 0 radical (unpaired) electrons. The van der Waals surface area contributed by atoms with E-state index in [2.05, 4.69) is 12.8 Å². The fourth-order valence-corrected chi connectivity index (χ4v) is 0.534. The second kappa shape index (κ2) is 4.14. The van der Waals surface area contributed by atoms with Gasteiger partial charge in [-0.1, -0.05) is 19.7 Å². The molecule has 0 aliphatic rings. The first kappa shape index (κ1) is 8.23.